The fourth-order valence-electron chi connectivity index (χ4n) is 9.05. The molecule has 0 unspecified atom stereocenters. The summed E-state index contributed by atoms with van der Waals surface area (Å²) < 4.78 is 69.9. The van der Waals surface area contributed by atoms with Crippen molar-refractivity contribution >= 4 is 101 Å². The Labute approximate surface area is 477 Å². The fourth-order valence-corrected chi connectivity index (χ4v) is 9.64. The Bertz CT molecular complexity index is 3470. The molecule has 2 aliphatic rings. The van der Waals surface area contributed by atoms with Crippen molar-refractivity contribution in [1.82, 2.24) is 19.9 Å². The number of pyridine rings is 4. The zero-order valence-corrected chi connectivity index (χ0v) is 47.9. The second-order valence-electron chi connectivity index (χ2n) is 18.9. The van der Waals surface area contributed by atoms with Crippen LogP contribution < -0.4 is 9.47 Å². The first kappa shape index (κ1) is 58.7. The zero-order valence-electron chi connectivity index (χ0n) is 42.5. The van der Waals surface area contributed by atoms with E-state index in [9.17, 15) is 13.2 Å². The summed E-state index contributed by atoms with van der Waals surface area (Å²) in [4.78, 5) is 17.2. The summed E-state index contributed by atoms with van der Waals surface area (Å²) in [7, 11) is -3.93. The van der Waals surface area contributed by atoms with E-state index in [4.69, 9.17) is 67.5 Å². The van der Waals surface area contributed by atoms with Crippen molar-refractivity contribution in [3.05, 3.63) is 211 Å². The Balaban J connectivity index is 0.000000142. The average Bonchev–Trinajstić information content (AvgIpc) is 3.39. The number of nitrogens with zero attached hydrogens (tertiary/aromatic N) is 4. The van der Waals surface area contributed by atoms with Crippen LogP contribution in [0.5, 0.6) is 23.0 Å². The van der Waals surface area contributed by atoms with Crippen molar-refractivity contribution in [3.63, 3.8) is 0 Å². The van der Waals surface area contributed by atoms with Crippen LogP contribution in [0.2, 0.25) is 20.6 Å². The summed E-state index contributed by atoms with van der Waals surface area (Å²) in [6, 6.07) is 48.3. The van der Waals surface area contributed by atoms with Gasteiger partial charge in [0.05, 0.1) is 22.1 Å². The van der Waals surface area contributed by atoms with Gasteiger partial charge in [0.15, 0.2) is 0 Å². The minimum absolute atomic E-state index is 0.000949. The molecule has 6 aromatic carbocycles. The third-order valence-corrected chi connectivity index (χ3v) is 14.3. The number of ether oxygens (including phenoxy) is 2. The number of hydrogen-bond acceptors (Lipinski definition) is 10. The molecule has 0 bridgehead atoms. The third-order valence-electron chi connectivity index (χ3n) is 13.0. The Kier molecular flexibility index (Phi) is 18.6. The van der Waals surface area contributed by atoms with E-state index in [1.807, 2.05) is 48.5 Å². The number of hydrogen-bond donors (Lipinski definition) is 0. The zero-order chi connectivity index (χ0) is 56.1. The molecule has 12 rings (SSSR count). The third kappa shape index (κ3) is 13.0. The number of alkyl halides is 3. The summed E-state index contributed by atoms with van der Waals surface area (Å²) in [6.45, 7) is 17.5. The molecule has 0 radical (unpaired) electrons. The number of para-hydroxylation sites is 4. The number of rotatable bonds is 0. The summed E-state index contributed by atoms with van der Waals surface area (Å²) >= 11 is 25.2. The van der Waals surface area contributed by atoms with Crippen molar-refractivity contribution in [3.8, 4) is 23.0 Å². The van der Waals surface area contributed by atoms with Crippen LogP contribution in [0.4, 0.5) is 13.2 Å². The van der Waals surface area contributed by atoms with E-state index in [1.54, 1.807) is 45.3 Å². The van der Waals surface area contributed by atoms with Crippen molar-refractivity contribution in [2.75, 3.05) is 0 Å². The SMILES string of the molecule is Cc1cccc2c1Oc1c(C)cccc1C2(C)C.Cc1cccc2c1Oc1c(C)cccc1C2(C)C.Clc1ccc2ccc3ccc(Cl)nc3c2n1.Clc1ccc2ccc3ccc(Cl)nc3c2n1.O=[S-](=O)C(F)(F)F.[O]=[Ag]. The molecule has 2 aliphatic heterocycles. The number of aromatic nitrogens is 4. The van der Waals surface area contributed by atoms with Crippen LogP contribution in [0.1, 0.15) is 72.2 Å². The predicted octanol–water partition coefficient (Wildman–Crippen LogP) is 18.3. The van der Waals surface area contributed by atoms with Crippen LogP contribution in [0, 0.1) is 27.7 Å². The van der Waals surface area contributed by atoms with E-state index in [0.29, 0.717) is 20.6 Å². The summed E-state index contributed by atoms with van der Waals surface area (Å²) in [5, 5.41) is 5.86. The number of halogens is 7. The van der Waals surface area contributed by atoms with E-state index in [0.717, 1.165) is 66.6 Å². The first-order valence-electron chi connectivity index (χ1n) is 23.5. The number of benzene rings is 6. The molecule has 6 heterocycles. The maximum absolute atomic E-state index is 10.6. The van der Waals surface area contributed by atoms with E-state index in [2.05, 4.69) is 148 Å². The van der Waals surface area contributed by atoms with Gasteiger partial charge in [-0.05, 0) is 98.5 Å². The quantitative estimate of drug-likeness (QED) is 0.0632. The van der Waals surface area contributed by atoms with E-state index >= 15 is 0 Å². The van der Waals surface area contributed by atoms with Crippen LogP contribution in [-0.2, 0) is 54.2 Å². The Morgan fingerprint density at radius 2 is 0.597 bits per heavy atom. The summed E-state index contributed by atoms with van der Waals surface area (Å²) in [5.74, 6) is 4.13. The molecule has 0 saturated carbocycles. The Morgan fingerprint density at radius 3 is 0.792 bits per heavy atom. The minimum atomic E-state index is -5.08. The molecule has 0 fully saturated rings. The van der Waals surface area contributed by atoms with Gasteiger partial charge in [-0.25, -0.2) is 19.9 Å². The molecule has 0 spiro atoms. The van der Waals surface area contributed by atoms with Gasteiger partial charge < -0.3 is 17.9 Å². The van der Waals surface area contributed by atoms with Crippen molar-refractivity contribution in [2.45, 2.75) is 71.7 Å². The van der Waals surface area contributed by atoms with Gasteiger partial charge in [-0.2, -0.15) is 13.2 Å². The molecule has 18 heteroatoms. The van der Waals surface area contributed by atoms with E-state index < -0.39 is 16.2 Å². The molecule has 77 heavy (non-hydrogen) atoms. The standard InChI is InChI=1S/2C17H18O.2C12H6Cl2N2.CF3O2S.Ag.O/c2*1-11-7-5-9-13-15(11)18-16-12(2)8-6-10-14(16)17(13,3)4;2*13-9-5-3-7-1-2-8-4-6-10(14)16-12(8)11(7)15-9;2-1(3,4)7(5)6;;/h2*5-10H,1-4H3;2*1-6H;;;/q;;;;-1;;. The van der Waals surface area contributed by atoms with Gasteiger partial charge in [0.25, 0.3) is 0 Å². The Morgan fingerprint density at radius 1 is 0.403 bits per heavy atom. The second kappa shape index (κ2) is 24.3. The molecule has 401 valence electrons. The van der Waals surface area contributed by atoms with Gasteiger partial charge in [-0.15, -0.1) is 0 Å². The molecule has 0 amide bonds. The van der Waals surface area contributed by atoms with Crippen LogP contribution in [-0.4, -0.2) is 25.4 Å². The maximum atomic E-state index is 10.6. The first-order valence-corrected chi connectivity index (χ1v) is 26.7. The Hall–Kier alpha value is -6.00. The summed E-state index contributed by atoms with van der Waals surface area (Å²) in [5.41, 5.74) is 7.98. The topological polar surface area (TPSA) is 121 Å². The second-order valence-corrected chi connectivity index (χ2v) is 21.4. The van der Waals surface area contributed by atoms with Crippen LogP contribution in [0.25, 0.3) is 43.6 Å². The fraction of sp³-hybridized carbons (Fsp3) is 0.186. The van der Waals surface area contributed by atoms with E-state index in [-0.39, 0.29) is 10.8 Å². The molecule has 9 nitrogen and oxygen atoms in total. The van der Waals surface area contributed by atoms with Gasteiger partial charge in [0.2, 0.25) is 0 Å². The normalized spacial score (nSPS) is 13.1. The molecular formula is C59H48AgCl4F3N4O5S-. The van der Waals surface area contributed by atoms with Gasteiger partial charge in [0, 0.05) is 65.3 Å². The summed E-state index contributed by atoms with van der Waals surface area (Å²) in [6.07, 6.45) is 0. The average molecular weight is 1230 g/mol. The molecule has 0 atom stereocenters. The first-order chi connectivity index (χ1) is 36.4. The molecule has 0 N–H and O–H groups in total. The molecule has 10 aromatic rings. The van der Waals surface area contributed by atoms with Crippen LogP contribution in [0.3, 0.4) is 0 Å². The molecule has 4 aromatic heterocycles. The van der Waals surface area contributed by atoms with Crippen LogP contribution in [0.15, 0.2) is 146 Å². The monoisotopic (exact) mass is 1230 g/mol. The van der Waals surface area contributed by atoms with Crippen molar-refractivity contribution in [1.29, 1.82) is 0 Å². The van der Waals surface area contributed by atoms with Gasteiger partial charge in [0.1, 0.15) is 43.6 Å². The number of fused-ring (bicyclic) bond motifs is 10. The van der Waals surface area contributed by atoms with Crippen molar-refractivity contribution in [2.24, 2.45) is 0 Å². The molecule has 0 aliphatic carbocycles. The molecule has 0 saturated heterocycles. The van der Waals surface area contributed by atoms with Gasteiger partial charge >= 0.3 is 29.8 Å². The van der Waals surface area contributed by atoms with E-state index in [1.165, 1.54) is 44.5 Å². The molecular weight excluding hydrogens is 1180 g/mol. The van der Waals surface area contributed by atoms with Crippen molar-refractivity contribution < 1.29 is 55.4 Å². The van der Waals surface area contributed by atoms with Crippen LogP contribution >= 0.6 is 46.4 Å². The van der Waals surface area contributed by atoms with Gasteiger partial charge in [-0.1, -0.05) is 171 Å². The van der Waals surface area contributed by atoms with Gasteiger partial charge in [-0.3, -0.25) is 0 Å². The number of aryl methyl sites for hydroxylation is 4. The predicted molar refractivity (Wildman–Crippen MR) is 299 cm³/mol.